The summed E-state index contributed by atoms with van der Waals surface area (Å²) >= 11 is 1.67. The number of nitrogens with zero attached hydrogens (tertiary/aromatic N) is 3. The molecule has 1 saturated heterocycles. The van der Waals surface area contributed by atoms with Crippen LogP contribution >= 0.6 is 11.3 Å². The fourth-order valence-corrected chi connectivity index (χ4v) is 4.29. The van der Waals surface area contributed by atoms with Crippen molar-refractivity contribution in [3.05, 3.63) is 10.0 Å². The molecule has 0 amide bonds. The van der Waals surface area contributed by atoms with Crippen molar-refractivity contribution in [1.82, 2.24) is 15.1 Å². The number of aryl methyl sites for hydroxylation is 1. The molecule has 0 radical (unpaired) electrons. The van der Waals surface area contributed by atoms with E-state index in [2.05, 4.69) is 15.1 Å². The van der Waals surface area contributed by atoms with Gasteiger partial charge in [0.1, 0.15) is 10.0 Å². The molecule has 1 aromatic rings. The highest BCUT2D eigenvalue weighted by molar-refractivity contribution is 7.11. The van der Waals surface area contributed by atoms with Gasteiger partial charge in [-0.15, -0.1) is 21.5 Å². The van der Waals surface area contributed by atoms with Gasteiger partial charge in [-0.1, -0.05) is 0 Å². The first-order valence-corrected chi connectivity index (χ1v) is 8.26. The number of piperidine rings is 1. The largest absolute Gasteiger partial charge is 0.392 e. The van der Waals surface area contributed by atoms with Gasteiger partial charge in [-0.3, -0.25) is 4.90 Å². The quantitative estimate of drug-likeness (QED) is 0.915. The number of aliphatic hydroxyl groups is 1. The third kappa shape index (κ3) is 2.50. The molecule has 0 unspecified atom stereocenters. The lowest BCUT2D eigenvalue weighted by Crippen LogP contribution is -2.62. The molecule has 1 spiro atoms. The molecule has 1 N–H and O–H groups in total. The van der Waals surface area contributed by atoms with Crippen molar-refractivity contribution < 1.29 is 9.84 Å². The van der Waals surface area contributed by atoms with Crippen LogP contribution in [-0.4, -0.2) is 52.1 Å². The summed E-state index contributed by atoms with van der Waals surface area (Å²) in [5.41, 5.74) is 0.0174. The summed E-state index contributed by atoms with van der Waals surface area (Å²) in [6.07, 6.45) is 2.94. The molecule has 2 heterocycles. The predicted octanol–water partition coefficient (Wildman–Crippen LogP) is 1.60. The van der Waals surface area contributed by atoms with Crippen molar-refractivity contribution in [2.24, 2.45) is 5.41 Å². The molecule has 20 heavy (non-hydrogen) atoms. The van der Waals surface area contributed by atoms with Crippen LogP contribution < -0.4 is 0 Å². The fraction of sp³-hybridized carbons (Fsp3) is 0.857. The molecule has 3 rings (SSSR count). The van der Waals surface area contributed by atoms with Crippen molar-refractivity contribution in [3.8, 4) is 0 Å². The lowest BCUT2D eigenvalue weighted by atomic mass is 9.58. The van der Waals surface area contributed by atoms with Gasteiger partial charge in [-0.05, 0) is 39.8 Å². The Morgan fingerprint density at radius 3 is 2.70 bits per heavy atom. The lowest BCUT2D eigenvalue weighted by Gasteiger charge is -2.56. The average Bonchev–Trinajstić information content (AvgIpc) is 2.85. The number of likely N-dealkylation sites (tertiary alicyclic amines) is 1. The Balaban J connectivity index is 1.56. The molecule has 1 saturated carbocycles. The summed E-state index contributed by atoms with van der Waals surface area (Å²) in [6, 6.07) is 0. The SMILES string of the molecule is CCO[C@H]1C[C@@H](O)C12CCN(Cc1nnc(C)s1)CC2. The average molecular weight is 297 g/mol. The molecule has 2 fully saturated rings. The number of aromatic nitrogens is 2. The second-order valence-corrected chi connectivity index (χ2v) is 7.19. The number of hydrogen-bond donors (Lipinski definition) is 1. The van der Waals surface area contributed by atoms with E-state index in [9.17, 15) is 5.11 Å². The van der Waals surface area contributed by atoms with E-state index in [4.69, 9.17) is 4.74 Å². The van der Waals surface area contributed by atoms with Crippen LogP contribution in [-0.2, 0) is 11.3 Å². The zero-order valence-electron chi connectivity index (χ0n) is 12.2. The maximum Gasteiger partial charge on any atom is 0.131 e. The normalized spacial score (nSPS) is 29.6. The zero-order chi connectivity index (χ0) is 14.2. The van der Waals surface area contributed by atoms with Gasteiger partial charge in [0, 0.05) is 18.4 Å². The predicted molar refractivity (Wildman–Crippen MR) is 77.6 cm³/mol. The second kappa shape index (κ2) is 5.67. The fourth-order valence-electron chi connectivity index (χ4n) is 3.54. The Hall–Kier alpha value is -0.560. The second-order valence-electron chi connectivity index (χ2n) is 5.92. The van der Waals surface area contributed by atoms with Gasteiger partial charge in [0.05, 0.1) is 18.8 Å². The van der Waals surface area contributed by atoms with Gasteiger partial charge in [-0.25, -0.2) is 0 Å². The van der Waals surface area contributed by atoms with Gasteiger partial charge in [0.25, 0.3) is 0 Å². The van der Waals surface area contributed by atoms with Crippen molar-refractivity contribution in [2.75, 3.05) is 19.7 Å². The van der Waals surface area contributed by atoms with Gasteiger partial charge in [0.2, 0.25) is 0 Å². The van der Waals surface area contributed by atoms with E-state index >= 15 is 0 Å². The van der Waals surface area contributed by atoms with Crippen LogP contribution in [0.3, 0.4) is 0 Å². The van der Waals surface area contributed by atoms with Crippen LogP contribution in [0.2, 0.25) is 0 Å². The monoisotopic (exact) mass is 297 g/mol. The number of aliphatic hydroxyl groups excluding tert-OH is 1. The summed E-state index contributed by atoms with van der Waals surface area (Å²) in [4.78, 5) is 2.42. The van der Waals surface area contributed by atoms with Crippen LogP contribution in [0.4, 0.5) is 0 Å². The first kappa shape index (κ1) is 14.4. The topological polar surface area (TPSA) is 58.5 Å². The Bertz CT molecular complexity index is 455. The van der Waals surface area contributed by atoms with Crippen molar-refractivity contribution in [1.29, 1.82) is 0 Å². The molecule has 2 aliphatic rings. The van der Waals surface area contributed by atoms with E-state index in [-0.39, 0.29) is 17.6 Å². The highest BCUT2D eigenvalue weighted by Crippen LogP contribution is 2.51. The van der Waals surface area contributed by atoms with E-state index in [1.165, 1.54) is 0 Å². The molecule has 1 aromatic heterocycles. The maximum atomic E-state index is 10.2. The van der Waals surface area contributed by atoms with E-state index in [0.29, 0.717) is 0 Å². The Morgan fingerprint density at radius 1 is 1.40 bits per heavy atom. The van der Waals surface area contributed by atoms with Crippen molar-refractivity contribution in [2.45, 2.75) is 51.9 Å². The summed E-state index contributed by atoms with van der Waals surface area (Å²) < 4.78 is 5.80. The molecule has 5 nitrogen and oxygen atoms in total. The van der Waals surface area contributed by atoms with Gasteiger partial charge in [0.15, 0.2) is 0 Å². The van der Waals surface area contributed by atoms with Crippen molar-refractivity contribution in [3.63, 3.8) is 0 Å². The Kier molecular flexibility index (Phi) is 4.08. The Morgan fingerprint density at radius 2 is 2.15 bits per heavy atom. The third-order valence-electron chi connectivity index (χ3n) is 4.82. The van der Waals surface area contributed by atoms with E-state index in [1.54, 1.807) is 11.3 Å². The minimum Gasteiger partial charge on any atom is -0.392 e. The smallest absolute Gasteiger partial charge is 0.131 e. The summed E-state index contributed by atoms with van der Waals surface area (Å²) in [5, 5.41) is 20.6. The van der Waals surface area contributed by atoms with E-state index in [1.807, 2.05) is 13.8 Å². The van der Waals surface area contributed by atoms with Gasteiger partial charge in [-0.2, -0.15) is 0 Å². The first-order chi connectivity index (χ1) is 9.64. The zero-order valence-corrected chi connectivity index (χ0v) is 13.0. The van der Waals surface area contributed by atoms with Crippen LogP contribution in [0.1, 0.15) is 36.2 Å². The maximum absolute atomic E-state index is 10.2. The van der Waals surface area contributed by atoms with E-state index < -0.39 is 0 Å². The number of rotatable bonds is 4. The van der Waals surface area contributed by atoms with Gasteiger partial charge < -0.3 is 9.84 Å². The molecule has 2 atom stereocenters. The third-order valence-corrected chi connectivity index (χ3v) is 5.65. The van der Waals surface area contributed by atoms with Crippen LogP contribution in [0.25, 0.3) is 0 Å². The summed E-state index contributed by atoms with van der Waals surface area (Å²) in [7, 11) is 0. The molecular weight excluding hydrogens is 274 g/mol. The minimum absolute atomic E-state index is 0.0174. The highest BCUT2D eigenvalue weighted by atomic mass is 32.1. The minimum atomic E-state index is -0.176. The Labute approximate surface area is 124 Å². The summed E-state index contributed by atoms with van der Waals surface area (Å²) in [6.45, 7) is 7.68. The van der Waals surface area contributed by atoms with Gasteiger partial charge >= 0.3 is 0 Å². The molecule has 1 aliphatic heterocycles. The van der Waals surface area contributed by atoms with Crippen LogP contribution in [0.15, 0.2) is 0 Å². The molecule has 0 aromatic carbocycles. The molecular formula is C14H23N3O2S. The molecule has 0 bridgehead atoms. The lowest BCUT2D eigenvalue weighted by molar-refractivity contribution is -0.209. The molecule has 1 aliphatic carbocycles. The summed E-state index contributed by atoms with van der Waals surface area (Å²) in [5.74, 6) is 0. The highest BCUT2D eigenvalue weighted by Gasteiger charge is 2.55. The first-order valence-electron chi connectivity index (χ1n) is 7.45. The van der Waals surface area contributed by atoms with Crippen molar-refractivity contribution >= 4 is 11.3 Å². The van der Waals surface area contributed by atoms with E-state index in [0.717, 1.165) is 55.5 Å². The van der Waals surface area contributed by atoms with Crippen LogP contribution in [0, 0.1) is 12.3 Å². The standard InChI is InChI=1S/C14H23N3O2S/c1-3-19-12-8-11(18)14(12)4-6-17(7-5-14)9-13-16-15-10(2)20-13/h11-12,18H,3-9H2,1-2H3/t11-,12+/m1/s1. The molecule has 6 heteroatoms. The number of hydrogen-bond acceptors (Lipinski definition) is 6. The van der Waals surface area contributed by atoms with Crippen LogP contribution in [0.5, 0.6) is 0 Å². The number of ether oxygens (including phenoxy) is 1. The molecule has 112 valence electrons.